The number of likely N-dealkylation sites (N-methyl/N-ethyl adjacent to an activating group) is 1. The summed E-state index contributed by atoms with van der Waals surface area (Å²) >= 11 is 0. The second kappa shape index (κ2) is 5.58. The fourth-order valence-electron chi connectivity index (χ4n) is 1.89. The van der Waals surface area contributed by atoms with E-state index in [1.54, 1.807) is 6.20 Å². The van der Waals surface area contributed by atoms with Crippen LogP contribution in [0.5, 0.6) is 0 Å². The molecular formula is C11H18N6. The summed E-state index contributed by atoms with van der Waals surface area (Å²) in [6.07, 6.45) is 7.54. The average Bonchev–Trinajstić information content (AvgIpc) is 2.97. The lowest BCUT2D eigenvalue weighted by Gasteiger charge is -2.14. The third-order valence-corrected chi connectivity index (χ3v) is 2.79. The molecule has 1 atom stereocenters. The number of hydrogen-bond donors (Lipinski definition) is 2. The fraction of sp³-hybridized carbons (Fsp3) is 0.545. The van der Waals surface area contributed by atoms with Crippen molar-refractivity contribution >= 4 is 0 Å². The number of hydrogen-bond acceptors (Lipinski definition) is 4. The predicted molar refractivity (Wildman–Crippen MR) is 64.4 cm³/mol. The normalized spacial score (nSPS) is 12.8. The van der Waals surface area contributed by atoms with Crippen molar-refractivity contribution in [2.75, 3.05) is 7.05 Å². The van der Waals surface area contributed by atoms with Crippen LogP contribution in [0.3, 0.4) is 0 Å². The third-order valence-electron chi connectivity index (χ3n) is 2.79. The zero-order chi connectivity index (χ0) is 12.1. The Labute approximate surface area is 100 Å². The molecule has 0 aliphatic heterocycles. The first kappa shape index (κ1) is 11.8. The van der Waals surface area contributed by atoms with Gasteiger partial charge in [0.05, 0.1) is 17.9 Å². The molecular weight excluding hydrogens is 216 g/mol. The van der Waals surface area contributed by atoms with Crippen LogP contribution >= 0.6 is 0 Å². The Morgan fingerprint density at radius 2 is 2.41 bits per heavy atom. The van der Waals surface area contributed by atoms with E-state index < -0.39 is 0 Å². The van der Waals surface area contributed by atoms with Crippen LogP contribution in [0.1, 0.15) is 30.9 Å². The summed E-state index contributed by atoms with van der Waals surface area (Å²) in [5, 5.41) is 13.8. The highest BCUT2D eigenvalue weighted by atomic mass is 15.3. The molecule has 0 saturated heterocycles. The lowest BCUT2D eigenvalue weighted by Crippen LogP contribution is -2.21. The van der Waals surface area contributed by atoms with Gasteiger partial charge in [0.15, 0.2) is 0 Å². The van der Waals surface area contributed by atoms with Crippen molar-refractivity contribution in [3.8, 4) is 0 Å². The molecule has 6 heteroatoms. The molecule has 2 aromatic rings. The second-order valence-corrected chi connectivity index (χ2v) is 3.98. The van der Waals surface area contributed by atoms with Gasteiger partial charge in [0.1, 0.15) is 5.82 Å². The summed E-state index contributed by atoms with van der Waals surface area (Å²) in [6, 6.07) is 0.145. The van der Waals surface area contributed by atoms with Gasteiger partial charge in [-0.2, -0.15) is 15.4 Å². The van der Waals surface area contributed by atoms with Gasteiger partial charge in [-0.1, -0.05) is 6.92 Å². The smallest absolute Gasteiger partial charge is 0.110 e. The monoisotopic (exact) mass is 234 g/mol. The van der Waals surface area contributed by atoms with E-state index in [4.69, 9.17) is 0 Å². The number of aryl methyl sites for hydroxylation is 1. The summed E-state index contributed by atoms with van der Waals surface area (Å²) < 4.78 is 2.18. The lowest BCUT2D eigenvalue weighted by molar-refractivity contribution is 0.532. The minimum atomic E-state index is 0.145. The van der Waals surface area contributed by atoms with Crippen molar-refractivity contribution in [1.29, 1.82) is 0 Å². The van der Waals surface area contributed by atoms with Crippen LogP contribution in [0.15, 0.2) is 18.6 Å². The molecule has 2 aromatic heterocycles. The van der Waals surface area contributed by atoms with E-state index in [1.165, 1.54) is 0 Å². The first-order chi connectivity index (χ1) is 8.35. The topological polar surface area (TPSA) is 71.4 Å². The highest BCUT2D eigenvalue weighted by Gasteiger charge is 2.15. The van der Waals surface area contributed by atoms with Crippen LogP contribution in [0.2, 0.25) is 0 Å². The number of aromatic amines is 1. The van der Waals surface area contributed by atoms with Crippen molar-refractivity contribution < 1.29 is 0 Å². The Hall–Kier alpha value is -1.69. The zero-order valence-electron chi connectivity index (χ0n) is 10.2. The predicted octanol–water partition coefficient (Wildman–Crippen LogP) is 0.914. The third kappa shape index (κ3) is 2.71. The number of rotatable bonds is 6. The van der Waals surface area contributed by atoms with E-state index in [0.717, 1.165) is 30.9 Å². The van der Waals surface area contributed by atoms with Gasteiger partial charge in [-0.05, 0) is 13.5 Å². The molecule has 0 radical (unpaired) electrons. The van der Waals surface area contributed by atoms with Gasteiger partial charge in [-0.25, -0.2) is 4.98 Å². The Bertz CT molecular complexity index is 433. The van der Waals surface area contributed by atoms with Gasteiger partial charge >= 0.3 is 0 Å². The molecule has 0 aliphatic carbocycles. The minimum Gasteiger partial charge on any atom is -0.335 e. The Morgan fingerprint density at radius 3 is 3.06 bits per heavy atom. The average molecular weight is 234 g/mol. The maximum atomic E-state index is 4.40. The van der Waals surface area contributed by atoms with E-state index in [2.05, 4.69) is 37.2 Å². The van der Waals surface area contributed by atoms with Crippen molar-refractivity contribution in [2.24, 2.45) is 0 Å². The van der Waals surface area contributed by atoms with Gasteiger partial charge in [-0.15, -0.1) is 0 Å². The van der Waals surface area contributed by atoms with Crippen LogP contribution in [0.25, 0.3) is 0 Å². The van der Waals surface area contributed by atoms with Crippen LogP contribution < -0.4 is 5.32 Å². The van der Waals surface area contributed by atoms with Crippen LogP contribution in [-0.2, 0) is 13.0 Å². The summed E-state index contributed by atoms with van der Waals surface area (Å²) in [5.41, 5.74) is 0.915. The molecule has 2 N–H and O–H groups in total. The molecule has 92 valence electrons. The highest BCUT2D eigenvalue weighted by molar-refractivity contribution is 5.05. The van der Waals surface area contributed by atoms with Gasteiger partial charge in [-0.3, -0.25) is 0 Å². The van der Waals surface area contributed by atoms with E-state index in [9.17, 15) is 0 Å². The molecule has 0 fully saturated rings. The van der Waals surface area contributed by atoms with E-state index in [0.29, 0.717) is 0 Å². The molecule has 0 saturated carbocycles. The van der Waals surface area contributed by atoms with Crippen LogP contribution in [0.4, 0.5) is 0 Å². The molecule has 17 heavy (non-hydrogen) atoms. The van der Waals surface area contributed by atoms with Crippen LogP contribution in [0, 0.1) is 0 Å². The summed E-state index contributed by atoms with van der Waals surface area (Å²) in [4.78, 5) is 4.40. The van der Waals surface area contributed by atoms with Gasteiger partial charge in [0.2, 0.25) is 0 Å². The Balaban J connectivity index is 2.10. The minimum absolute atomic E-state index is 0.145. The molecule has 6 nitrogen and oxygen atoms in total. The van der Waals surface area contributed by atoms with Crippen molar-refractivity contribution in [1.82, 2.24) is 30.3 Å². The highest BCUT2D eigenvalue weighted by Crippen LogP contribution is 2.14. The van der Waals surface area contributed by atoms with Crippen molar-refractivity contribution in [2.45, 2.75) is 32.4 Å². The van der Waals surface area contributed by atoms with E-state index in [1.807, 2.05) is 19.4 Å². The standard InChI is InChI=1S/C11H18N6/c1-3-5-17-6-4-13-11(17)7-9(12-2)10-8-14-16-15-10/h4,6,8-9,12H,3,5,7H2,1-2H3,(H,14,15,16). The number of H-pyrrole nitrogens is 1. The largest absolute Gasteiger partial charge is 0.335 e. The maximum Gasteiger partial charge on any atom is 0.110 e. The van der Waals surface area contributed by atoms with Gasteiger partial charge < -0.3 is 9.88 Å². The van der Waals surface area contributed by atoms with E-state index in [-0.39, 0.29) is 6.04 Å². The first-order valence-electron chi connectivity index (χ1n) is 5.88. The zero-order valence-corrected chi connectivity index (χ0v) is 10.2. The molecule has 2 heterocycles. The van der Waals surface area contributed by atoms with E-state index >= 15 is 0 Å². The van der Waals surface area contributed by atoms with Crippen LogP contribution in [-0.4, -0.2) is 32.0 Å². The Morgan fingerprint density at radius 1 is 1.53 bits per heavy atom. The number of imidazole rings is 1. The van der Waals surface area contributed by atoms with Gasteiger partial charge in [0.25, 0.3) is 0 Å². The molecule has 1 unspecified atom stereocenters. The number of aromatic nitrogens is 5. The molecule has 2 rings (SSSR count). The summed E-state index contributed by atoms with van der Waals surface area (Å²) in [7, 11) is 1.92. The fourth-order valence-corrected chi connectivity index (χ4v) is 1.89. The summed E-state index contributed by atoms with van der Waals surface area (Å²) in [6.45, 7) is 3.17. The molecule has 0 aliphatic rings. The lowest BCUT2D eigenvalue weighted by atomic mass is 10.1. The van der Waals surface area contributed by atoms with Crippen molar-refractivity contribution in [3.63, 3.8) is 0 Å². The van der Waals surface area contributed by atoms with Gasteiger partial charge in [0, 0.05) is 25.4 Å². The molecule has 0 aromatic carbocycles. The summed E-state index contributed by atoms with van der Waals surface area (Å²) in [5.74, 6) is 1.08. The first-order valence-corrected chi connectivity index (χ1v) is 5.88. The molecule has 0 spiro atoms. The quantitative estimate of drug-likeness (QED) is 0.779. The molecule has 0 bridgehead atoms. The number of nitrogens with one attached hydrogen (secondary N) is 2. The number of nitrogens with zero attached hydrogens (tertiary/aromatic N) is 4. The van der Waals surface area contributed by atoms with Crippen molar-refractivity contribution in [3.05, 3.63) is 30.1 Å². The Kier molecular flexibility index (Phi) is 3.87. The molecule has 0 amide bonds. The SMILES string of the molecule is CCCn1ccnc1CC(NC)c1cn[nH]n1. The maximum absolute atomic E-state index is 4.40. The second-order valence-electron chi connectivity index (χ2n) is 3.98.